The molecule has 1 amide bonds. The topological polar surface area (TPSA) is 74.8 Å². The Labute approximate surface area is 194 Å². The minimum absolute atomic E-state index is 0. The number of amides is 1. The number of hydrogen-bond donors (Lipinski definition) is 3. The molecule has 0 saturated carbocycles. The number of anilines is 1. The Morgan fingerprint density at radius 1 is 1.10 bits per heavy atom. The number of benzene rings is 2. The average molecular weight is 531 g/mol. The Bertz CT molecular complexity index is 788. The first-order chi connectivity index (χ1) is 13.6. The molecule has 2 aromatic carbocycles. The number of nitrogens with zero attached hydrogens (tertiary/aromatic N) is 1. The standard InChI is InChI=1S/C21H27ClN4O2.HI/c1-16-9-10-19(18(22)15-16)26-20(27)11-13-25-21(23-2)24-12-6-14-28-17-7-4-3-5-8-17;/h3-5,7-10,15H,6,11-14H2,1-2H3,(H,26,27)(H2,23,24,25);1H. The highest BCUT2D eigenvalue weighted by Crippen LogP contribution is 2.22. The second-order valence-electron chi connectivity index (χ2n) is 6.22. The van der Waals surface area contributed by atoms with Gasteiger partial charge in [-0.25, -0.2) is 0 Å². The van der Waals surface area contributed by atoms with Crippen LogP contribution in [0.3, 0.4) is 0 Å². The molecule has 0 unspecified atom stereocenters. The lowest BCUT2D eigenvalue weighted by Crippen LogP contribution is -2.39. The second-order valence-corrected chi connectivity index (χ2v) is 6.63. The molecule has 0 saturated heterocycles. The van der Waals surface area contributed by atoms with Crippen molar-refractivity contribution < 1.29 is 9.53 Å². The SMILES string of the molecule is CN=C(NCCCOc1ccccc1)NCCC(=O)Nc1ccc(C)cc1Cl.I. The lowest BCUT2D eigenvalue weighted by molar-refractivity contribution is -0.116. The van der Waals surface area contributed by atoms with E-state index in [9.17, 15) is 4.79 Å². The van der Waals surface area contributed by atoms with Gasteiger partial charge in [0.2, 0.25) is 5.91 Å². The monoisotopic (exact) mass is 530 g/mol. The summed E-state index contributed by atoms with van der Waals surface area (Å²) in [6, 6.07) is 15.3. The summed E-state index contributed by atoms with van der Waals surface area (Å²) in [5, 5.41) is 9.68. The van der Waals surface area contributed by atoms with Gasteiger partial charge in [0, 0.05) is 26.6 Å². The number of aliphatic imine (C=N–C) groups is 1. The normalized spacial score (nSPS) is 10.7. The zero-order chi connectivity index (χ0) is 20.2. The number of nitrogens with one attached hydrogen (secondary N) is 3. The summed E-state index contributed by atoms with van der Waals surface area (Å²) in [5.41, 5.74) is 1.67. The lowest BCUT2D eigenvalue weighted by Gasteiger charge is -2.12. The van der Waals surface area contributed by atoms with Crippen LogP contribution in [0.1, 0.15) is 18.4 Å². The maximum Gasteiger partial charge on any atom is 0.226 e. The second kappa shape index (κ2) is 14.1. The number of halogens is 2. The number of carbonyl (C=O) groups excluding carboxylic acids is 1. The van der Waals surface area contributed by atoms with Crippen molar-refractivity contribution in [1.82, 2.24) is 10.6 Å². The van der Waals surface area contributed by atoms with Crippen molar-refractivity contribution in [3.05, 3.63) is 59.1 Å². The molecule has 0 bridgehead atoms. The molecule has 0 aliphatic heterocycles. The minimum atomic E-state index is -0.107. The van der Waals surface area contributed by atoms with Gasteiger partial charge < -0.3 is 20.7 Å². The molecule has 8 heteroatoms. The number of para-hydroxylation sites is 1. The predicted molar refractivity (Wildman–Crippen MR) is 131 cm³/mol. The van der Waals surface area contributed by atoms with Crippen molar-refractivity contribution >= 4 is 53.1 Å². The first-order valence-electron chi connectivity index (χ1n) is 9.27. The van der Waals surface area contributed by atoms with Crippen molar-refractivity contribution in [2.24, 2.45) is 4.99 Å². The van der Waals surface area contributed by atoms with Crippen LogP contribution in [0.25, 0.3) is 0 Å². The van der Waals surface area contributed by atoms with Crippen molar-refractivity contribution in [1.29, 1.82) is 0 Å². The van der Waals surface area contributed by atoms with Crippen LogP contribution >= 0.6 is 35.6 Å². The summed E-state index contributed by atoms with van der Waals surface area (Å²) >= 11 is 6.13. The molecule has 0 aromatic heterocycles. The average Bonchev–Trinajstić information content (AvgIpc) is 2.69. The maximum atomic E-state index is 12.1. The molecule has 0 heterocycles. The first-order valence-corrected chi connectivity index (χ1v) is 9.64. The number of ether oxygens (including phenoxy) is 1. The van der Waals surface area contributed by atoms with Gasteiger partial charge in [0.05, 0.1) is 17.3 Å². The smallest absolute Gasteiger partial charge is 0.226 e. The van der Waals surface area contributed by atoms with Gasteiger partial charge in [-0.3, -0.25) is 9.79 Å². The zero-order valence-corrected chi connectivity index (χ0v) is 19.8. The van der Waals surface area contributed by atoms with Crippen LogP contribution in [0.5, 0.6) is 5.75 Å². The third kappa shape index (κ3) is 9.85. The Hall–Kier alpha value is -2.00. The molecule has 158 valence electrons. The summed E-state index contributed by atoms with van der Waals surface area (Å²) in [4.78, 5) is 16.2. The van der Waals surface area contributed by atoms with Crippen molar-refractivity contribution in [2.45, 2.75) is 19.8 Å². The van der Waals surface area contributed by atoms with E-state index in [1.54, 1.807) is 13.1 Å². The van der Waals surface area contributed by atoms with Gasteiger partial charge in [-0.15, -0.1) is 24.0 Å². The highest BCUT2D eigenvalue weighted by molar-refractivity contribution is 14.0. The third-order valence-electron chi connectivity index (χ3n) is 3.89. The van der Waals surface area contributed by atoms with Gasteiger partial charge in [0.25, 0.3) is 0 Å². The highest BCUT2D eigenvalue weighted by Gasteiger charge is 2.06. The van der Waals surface area contributed by atoms with E-state index >= 15 is 0 Å². The summed E-state index contributed by atoms with van der Waals surface area (Å²) in [6.07, 6.45) is 1.14. The van der Waals surface area contributed by atoms with Crippen LogP contribution < -0.4 is 20.7 Å². The molecule has 0 fully saturated rings. The first kappa shape index (κ1) is 25.0. The van der Waals surface area contributed by atoms with Gasteiger partial charge in [-0.2, -0.15) is 0 Å². The number of aryl methyl sites for hydroxylation is 1. The number of hydrogen-bond acceptors (Lipinski definition) is 3. The van der Waals surface area contributed by atoms with Crippen molar-refractivity contribution in [3.63, 3.8) is 0 Å². The van der Waals surface area contributed by atoms with E-state index < -0.39 is 0 Å². The molecule has 2 aromatic rings. The summed E-state index contributed by atoms with van der Waals surface area (Å²) in [6.45, 7) is 3.76. The quantitative estimate of drug-likeness (QED) is 0.196. The fourth-order valence-electron chi connectivity index (χ4n) is 2.43. The van der Waals surface area contributed by atoms with Crippen LogP contribution in [-0.4, -0.2) is 38.6 Å². The third-order valence-corrected chi connectivity index (χ3v) is 4.20. The molecule has 0 aliphatic rings. The number of carbonyl (C=O) groups is 1. The highest BCUT2D eigenvalue weighted by atomic mass is 127. The Morgan fingerprint density at radius 2 is 1.83 bits per heavy atom. The minimum Gasteiger partial charge on any atom is -0.494 e. The molecule has 0 atom stereocenters. The van der Waals surface area contributed by atoms with E-state index in [0.717, 1.165) is 24.3 Å². The molecular formula is C21H28ClIN4O2. The van der Waals surface area contributed by atoms with E-state index in [0.29, 0.717) is 36.2 Å². The van der Waals surface area contributed by atoms with Crippen molar-refractivity contribution in [3.8, 4) is 5.75 Å². The van der Waals surface area contributed by atoms with E-state index in [-0.39, 0.29) is 29.9 Å². The molecule has 0 spiro atoms. The van der Waals surface area contributed by atoms with Gasteiger partial charge in [-0.05, 0) is 43.2 Å². The van der Waals surface area contributed by atoms with Crippen LogP contribution in [0.2, 0.25) is 5.02 Å². The largest absolute Gasteiger partial charge is 0.494 e. The van der Waals surface area contributed by atoms with Gasteiger partial charge in [0.15, 0.2) is 5.96 Å². The molecule has 2 rings (SSSR count). The van der Waals surface area contributed by atoms with Crippen LogP contribution in [0.15, 0.2) is 53.5 Å². The fraction of sp³-hybridized carbons (Fsp3) is 0.333. The Kier molecular flexibility index (Phi) is 12.1. The molecule has 0 aliphatic carbocycles. The number of guanidine groups is 1. The van der Waals surface area contributed by atoms with Gasteiger partial charge in [0.1, 0.15) is 5.75 Å². The molecule has 6 nitrogen and oxygen atoms in total. The van der Waals surface area contributed by atoms with Crippen molar-refractivity contribution in [2.75, 3.05) is 32.1 Å². The Morgan fingerprint density at radius 3 is 2.52 bits per heavy atom. The molecular weight excluding hydrogens is 503 g/mol. The van der Waals surface area contributed by atoms with E-state index in [2.05, 4.69) is 20.9 Å². The molecule has 29 heavy (non-hydrogen) atoms. The van der Waals surface area contributed by atoms with E-state index in [4.69, 9.17) is 16.3 Å². The van der Waals surface area contributed by atoms with Gasteiger partial charge >= 0.3 is 0 Å². The maximum absolute atomic E-state index is 12.1. The van der Waals surface area contributed by atoms with E-state index in [1.807, 2.05) is 49.4 Å². The fourth-order valence-corrected chi connectivity index (χ4v) is 2.72. The number of rotatable bonds is 9. The summed E-state index contributed by atoms with van der Waals surface area (Å²) in [5.74, 6) is 1.41. The van der Waals surface area contributed by atoms with E-state index in [1.165, 1.54) is 0 Å². The summed E-state index contributed by atoms with van der Waals surface area (Å²) in [7, 11) is 1.70. The molecule has 3 N–H and O–H groups in total. The molecule has 0 radical (unpaired) electrons. The van der Waals surface area contributed by atoms with Crippen LogP contribution in [-0.2, 0) is 4.79 Å². The van der Waals surface area contributed by atoms with Crippen LogP contribution in [0, 0.1) is 6.92 Å². The van der Waals surface area contributed by atoms with Crippen LogP contribution in [0.4, 0.5) is 5.69 Å². The zero-order valence-electron chi connectivity index (χ0n) is 16.7. The summed E-state index contributed by atoms with van der Waals surface area (Å²) < 4.78 is 5.64. The Balaban J connectivity index is 0.00000420. The predicted octanol–water partition coefficient (Wildman–Crippen LogP) is 4.23. The lowest BCUT2D eigenvalue weighted by atomic mass is 10.2. The van der Waals surface area contributed by atoms with Gasteiger partial charge in [-0.1, -0.05) is 35.9 Å².